The molecule has 1 unspecified atom stereocenters. The predicted molar refractivity (Wildman–Crippen MR) is 92.1 cm³/mol. The molecule has 2 aromatic heterocycles. The maximum atomic E-state index is 12.2. The van der Waals surface area contributed by atoms with Crippen LogP contribution < -0.4 is 5.32 Å². The Morgan fingerprint density at radius 3 is 2.58 bits per heavy atom. The van der Waals surface area contributed by atoms with E-state index < -0.39 is 0 Å². The Morgan fingerprint density at radius 1 is 1.25 bits per heavy atom. The van der Waals surface area contributed by atoms with Gasteiger partial charge < -0.3 is 10.2 Å². The van der Waals surface area contributed by atoms with Crippen molar-refractivity contribution in [2.24, 2.45) is 0 Å². The number of nitrogens with one attached hydrogen (secondary N) is 1. The summed E-state index contributed by atoms with van der Waals surface area (Å²) in [6.45, 7) is 10.8. The zero-order chi connectivity index (χ0) is 17.5. The van der Waals surface area contributed by atoms with E-state index >= 15 is 0 Å². The summed E-state index contributed by atoms with van der Waals surface area (Å²) in [6.07, 6.45) is 3.84. The van der Waals surface area contributed by atoms with Crippen molar-refractivity contribution in [1.82, 2.24) is 24.6 Å². The van der Waals surface area contributed by atoms with Gasteiger partial charge in [0.1, 0.15) is 5.82 Å². The van der Waals surface area contributed by atoms with E-state index in [1.165, 1.54) is 0 Å². The molecule has 1 N–H and O–H groups in total. The largest absolute Gasteiger partial charge is 0.364 e. The first-order chi connectivity index (χ1) is 11.2. The first-order valence-corrected chi connectivity index (χ1v) is 8.17. The minimum Gasteiger partial charge on any atom is -0.364 e. The predicted octanol–water partition coefficient (Wildman–Crippen LogP) is 2.09. The summed E-state index contributed by atoms with van der Waals surface area (Å²) in [5.41, 5.74) is 1.79. The third-order valence-corrected chi connectivity index (χ3v) is 4.14. The molecular formula is C17H24N6O. The second kappa shape index (κ2) is 5.89. The maximum absolute atomic E-state index is 12.2. The molecular weight excluding hydrogens is 304 g/mol. The number of nitrogens with zero attached hydrogens (tertiary/aromatic N) is 5. The van der Waals surface area contributed by atoms with Gasteiger partial charge in [0, 0.05) is 24.2 Å². The van der Waals surface area contributed by atoms with Crippen LogP contribution in [0.5, 0.6) is 0 Å². The summed E-state index contributed by atoms with van der Waals surface area (Å²) in [4.78, 5) is 22.9. The summed E-state index contributed by atoms with van der Waals surface area (Å²) in [5.74, 6) is 1.50. The highest BCUT2D eigenvalue weighted by molar-refractivity contribution is 5.80. The van der Waals surface area contributed by atoms with Crippen molar-refractivity contribution in [3.63, 3.8) is 0 Å². The van der Waals surface area contributed by atoms with Gasteiger partial charge in [0.15, 0.2) is 5.82 Å². The minimum absolute atomic E-state index is 0.0433. The van der Waals surface area contributed by atoms with E-state index in [1.807, 2.05) is 24.8 Å². The molecule has 128 valence electrons. The second-order valence-corrected chi connectivity index (χ2v) is 7.32. The lowest BCUT2D eigenvalue weighted by Crippen LogP contribution is -2.43. The first kappa shape index (κ1) is 16.4. The van der Waals surface area contributed by atoms with Gasteiger partial charge in [-0.05, 0) is 40.7 Å². The zero-order valence-corrected chi connectivity index (χ0v) is 14.9. The number of carbonyl (C=O) groups excluding carboxylic acids is 1. The van der Waals surface area contributed by atoms with Gasteiger partial charge in [-0.25, -0.2) is 9.67 Å². The molecule has 7 heteroatoms. The summed E-state index contributed by atoms with van der Waals surface area (Å²) in [7, 11) is 0. The number of hydrogen-bond acceptors (Lipinski definition) is 5. The third kappa shape index (κ3) is 3.25. The fourth-order valence-electron chi connectivity index (χ4n) is 3.05. The number of amides is 1. The third-order valence-electron chi connectivity index (χ3n) is 4.14. The van der Waals surface area contributed by atoms with E-state index in [2.05, 4.69) is 41.2 Å². The van der Waals surface area contributed by atoms with Crippen molar-refractivity contribution in [2.45, 2.75) is 52.6 Å². The van der Waals surface area contributed by atoms with Crippen molar-refractivity contribution >= 4 is 11.7 Å². The minimum atomic E-state index is -0.162. The molecule has 1 fully saturated rings. The van der Waals surface area contributed by atoms with Gasteiger partial charge >= 0.3 is 0 Å². The van der Waals surface area contributed by atoms with Crippen molar-refractivity contribution in [1.29, 1.82) is 0 Å². The van der Waals surface area contributed by atoms with E-state index in [1.54, 1.807) is 17.1 Å². The molecule has 1 saturated heterocycles. The Balaban J connectivity index is 1.77. The van der Waals surface area contributed by atoms with E-state index in [0.717, 1.165) is 11.4 Å². The average molecular weight is 328 g/mol. The highest BCUT2D eigenvalue weighted by Gasteiger charge is 2.36. The lowest BCUT2D eigenvalue weighted by molar-refractivity contribution is -0.131. The second-order valence-electron chi connectivity index (χ2n) is 7.32. The number of aryl methyl sites for hydroxylation is 2. The van der Waals surface area contributed by atoms with Gasteiger partial charge in [-0.2, -0.15) is 5.10 Å². The summed E-state index contributed by atoms with van der Waals surface area (Å²) in [6, 6.07) is 2.04. The van der Waals surface area contributed by atoms with Crippen molar-refractivity contribution in [3.8, 4) is 5.82 Å². The number of hydrogen-bond donors (Lipinski definition) is 1. The van der Waals surface area contributed by atoms with Crippen molar-refractivity contribution in [3.05, 3.63) is 29.8 Å². The molecule has 0 radical (unpaired) electrons. The van der Waals surface area contributed by atoms with Crippen LogP contribution in [-0.4, -0.2) is 48.7 Å². The molecule has 7 nitrogen and oxygen atoms in total. The standard InChI is InChI=1S/C17H24N6O/c1-11-6-12(2)23(21-11)15-9-18-8-14(20-15)19-13-7-16(24)22(10-13)17(3,4)5/h6,8-9,13H,7,10H2,1-5H3,(H,19,20). The van der Waals surface area contributed by atoms with Gasteiger partial charge in [0.25, 0.3) is 0 Å². The number of anilines is 1. The van der Waals surface area contributed by atoms with E-state index in [4.69, 9.17) is 0 Å². The molecule has 1 aliphatic heterocycles. The maximum Gasteiger partial charge on any atom is 0.225 e. The van der Waals surface area contributed by atoms with Crippen LogP contribution >= 0.6 is 0 Å². The molecule has 0 bridgehead atoms. The molecule has 3 rings (SSSR count). The SMILES string of the molecule is Cc1cc(C)n(-c2cncc(NC3CC(=O)N(C(C)(C)C)C3)n2)n1. The molecule has 0 aliphatic carbocycles. The average Bonchev–Trinajstić information content (AvgIpc) is 3.01. The molecule has 24 heavy (non-hydrogen) atoms. The molecule has 2 aromatic rings. The molecule has 3 heterocycles. The van der Waals surface area contributed by atoms with Gasteiger partial charge in [0.05, 0.1) is 24.1 Å². The highest BCUT2D eigenvalue weighted by atomic mass is 16.2. The Morgan fingerprint density at radius 2 is 2.00 bits per heavy atom. The molecule has 1 atom stereocenters. The van der Waals surface area contributed by atoms with Crippen LogP contribution in [0.2, 0.25) is 0 Å². The lowest BCUT2D eigenvalue weighted by Gasteiger charge is -2.32. The van der Waals surface area contributed by atoms with E-state index in [-0.39, 0.29) is 17.5 Å². The number of rotatable bonds is 3. The summed E-state index contributed by atoms with van der Waals surface area (Å²) >= 11 is 0. The smallest absolute Gasteiger partial charge is 0.225 e. The first-order valence-electron chi connectivity index (χ1n) is 8.17. The Hall–Kier alpha value is -2.44. The van der Waals surface area contributed by atoms with Crippen molar-refractivity contribution < 1.29 is 4.79 Å². The van der Waals surface area contributed by atoms with Crippen LogP contribution in [-0.2, 0) is 4.79 Å². The molecule has 1 aliphatic rings. The van der Waals surface area contributed by atoms with Gasteiger partial charge in [-0.3, -0.25) is 9.78 Å². The van der Waals surface area contributed by atoms with Gasteiger partial charge in [-0.1, -0.05) is 0 Å². The van der Waals surface area contributed by atoms with Crippen LogP contribution in [0.15, 0.2) is 18.5 Å². The molecule has 0 saturated carbocycles. The highest BCUT2D eigenvalue weighted by Crippen LogP contribution is 2.23. The molecule has 0 spiro atoms. The zero-order valence-electron chi connectivity index (χ0n) is 14.9. The molecule has 0 aromatic carbocycles. The fraction of sp³-hybridized carbons (Fsp3) is 0.529. The Labute approximate surface area is 142 Å². The van der Waals surface area contributed by atoms with Crippen LogP contribution in [0, 0.1) is 13.8 Å². The monoisotopic (exact) mass is 328 g/mol. The van der Waals surface area contributed by atoms with E-state index in [0.29, 0.717) is 24.6 Å². The normalized spacial score (nSPS) is 18.3. The Kier molecular flexibility index (Phi) is 4.03. The van der Waals surface area contributed by atoms with Crippen LogP contribution in [0.25, 0.3) is 5.82 Å². The van der Waals surface area contributed by atoms with E-state index in [9.17, 15) is 4.79 Å². The number of carbonyl (C=O) groups is 1. The van der Waals surface area contributed by atoms with Crippen LogP contribution in [0.1, 0.15) is 38.6 Å². The van der Waals surface area contributed by atoms with Gasteiger partial charge in [0.2, 0.25) is 5.91 Å². The Bertz CT molecular complexity index is 761. The number of likely N-dealkylation sites (tertiary alicyclic amines) is 1. The quantitative estimate of drug-likeness (QED) is 0.934. The molecule has 1 amide bonds. The summed E-state index contributed by atoms with van der Waals surface area (Å²) in [5, 5.41) is 7.77. The van der Waals surface area contributed by atoms with Gasteiger partial charge in [-0.15, -0.1) is 0 Å². The fourth-order valence-corrected chi connectivity index (χ4v) is 3.05. The topological polar surface area (TPSA) is 75.9 Å². The lowest BCUT2D eigenvalue weighted by atomic mass is 10.1. The number of aromatic nitrogens is 4. The van der Waals surface area contributed by atoms with Crippen molar-refractivity contribution in [2.75, 3.05) is 11.9 Å². The van der Waals surface area contributed by atoms with Crippen LogP contribution in [0.4, 0.5) is 5.82 Å². The van der Waals surface area contributed by atoms with Crippen LogP contribution in [0.3, 0.4) is 0 Å². The summed E-state index contributed by atoms with van der Waals surface area (Å²) < 4.78 is 1.77.